The van der Waals surface area contributed by atoms with Crippen molar-refractivity contribution >= 4 is 17.5 Å². The van der Waals surface area contributed by atoms with Gasteiger partial charge in [0.15, 0.2) is 0 Å². The van der Waals surface area contributed by atoms with Crippen LogP contribution in [-0.2, 0) is 4.79 Å². The van der Waals surface area contributed by atoms with E-state index in [0.29, 0.717) is 24.5 Å². The summed E-state index contributed by atoms with van der Waals surface area (Å²) in [5.74, 6) is 1.25. The smallest absolute Gasteiger partial charge is 0.253 e. The molecule has 0 saturated heterocycles. The number of fused-ring (bicyclic) bond motifs is 1. The van der Waals surface area contributed by atoms with Crippen molar-refractivity contribution in [3.8, 4) is 5.75 Å². The van der Waals surface area contributed by atoms with Crippen LogP contribution in [0.5, 0.6) is 5.75 Å². The molecular formula is C19H29N3O3. The van der Waals surface area contributed by atoms with E-state index in [2.05, 4.69) is 13.8 Å². The third kappa shape index (κ3) is 4.44. The molecule has 6 heteroatoms. The molecule has 0 radical (unpaired) electrons. The Morgan fingerprint density at radius 3 is 2.56 bits per heavy atom. The topological polar surface area (TPSA) is 53.1 Å². The van der Waals surface area contributed by atoms with E-state index < -0.39 is 0 Å². The standard InChI is InChI=1S/C19H29N3O3/c1-13(2)11-21(5)18(23)10-15-12-25-17-8-7-14(19(24)20(3)4)9-16(17)22(15)6/h7-9,13,15H,10-12H2,1-6H3/t15-/m1/s1. The van der Waals surface area contributed by atoms with Gasteiger partial charge in [0.2, 0.25) is 5.91 Å². The SMILES string of the molecule is CC(C)CN(C)C(=O)C[C@@H]1COc2ccc(C(=O)N(C)C)cc2N1C. The van der Waals surface area contributed by atoms with Crippen LogP contribution in [0.15, 0.2) is 18.2 Å². The van der Waals surface area contributed by atoms with Gasteiger partial charge in [0.25, 0.3) is 5.91 Å². The molecule has 25 heavy (non-hydrogen) atoms. The van der Waals surface area contributed by atoms with Gasteiger partial charge in [-0.1, -0.05) is 13.8 Å². The number of hydrogen-bond acceptors (Lipinski definition) is 4. The fraction of sp³-hybridized carbons (Fsp3) is 0.579. The molecule has 0 aliphatic carbocycles. The van der Waals surface area contributed by atoms with Gasteiger partial charge in [-0.25, -0.2) is 0 Å². The number of hydrogen-bond donors (Lipinski definition) is 0. The third-order valence-electron chi connectivity index (χ3n) is 4.45. The van der Waals surface area contributed by atoms with Gasteiger partial charge in [-0.15, -0.1) is 0 Å². The highest BCUT2D eigenvalue weighted by molar-refractivity contribution is 5.95. The highest BCUT2D eigenvalue weighted by Gasteiger charge is 2.28. The Hall–Kier alpha value is -2.24. The van der Waals surface area contributed by atoms with E-state index in [4.69, 9.17) is 4.74 Å². The molecule has 6 nitrogen and oxygen atoms in total. The molecule has 1 aliphatic rings. The lowest BCUT2D eigenvalue weighted by molar-refractivity contribution is -0.130. The molecule has 1 heterocycles. The average Bonchev–Trinajstić information content (AvgIpc) is 2.55. The molecule has 0 saturated carbocycles. The molecule has 2 amide bonds. The first kappa shape index (κ1) is 19.1. The third-order valence-corrected chi connectivity index (χ3v) is 4.45. The second-order valence-corrected chi connectivity index (χ2v) is 7.33. The molecule has 1 aliphatic heterocycles. The van der Waals surface area contributed by atoms with Gasteiger partial charge in [0, 0.05) is 40.3 Å². The van der Waals surface area contributed by atoms with Crippen molar-refractivity contribution in [2.45, 2.75) is 26.3 Å². The summed E-state index contributed by atoms with van der Waals surface area (Å²) in [6.45, 7) is 5.40. The number of anilines is 1. The van der Waals surface area contributed by atoms with Crippen molar-refractivity contribution < 1.29 is 14.3 Å². The highest BCUT2D eigenvalue weighted by Crippen LogP contribution is 2.34. The van der Waals surface area contributed by atoms with Gasteiger partial charge in [-0.2, -0.15) is 0 Å². The van der Waals surface area contributed by atoms with E-state index in [-0.39, 0.29) is 17.9 Å². The maximum absolute atomic E-state index is 12.5. The zero-order valence-corrected chi connectivity index (χ0v) is 16.1. The first-order chi connectivity index (χ1) is 11.7. The summed E-state index contributed by atoms with van der Waals surface area (Å²) in [6.07, 6.45) is 0.394. The first-order valence-corrected chi connectivity index (χ1v) is 8.66. The van der Waals surface area contributed by atoms with E-state index in [1.54, 1.807) is 30.0 Å². The van der Waals surface area contributed by atoms with Crippen LogP contribution in [0.3, 0.4) is 0 Å². The summed E-state index contributed by atoms with van der Waals surface area (Å²) < 4.78 is 5.83. The number of benzene rings is 1. The lowest BCUT2D eigenvalue weighted by atomic mass is 10.1. The summed E-state index contributed by atoms with van der Waals surface area (Å²) in [5.41, 5.74) is 1.46. The second kappa shape index (κ2) is 7.76. The van der Waals surface area contributed by atoms with Gasteiger partial charge in [0.1, 0.15) is 12.4 Å². The fourth-order valence-electron chi connectivity index (χ4n) is 3.00. The Kier molecular flexibility index (Phi) is 5.93. The van der Waals surface area contributed by atoms with Crippen molar-refractivity contribution in [2.24, 2.45) is 5.92 Å². The van der Waals surface area contributed by atoms with E-state index in [0.717, 1.165) is 18.0 Å². The predicted octanol–water partition coefficient (Wildman–Crippen LogP) is 2.09. The van der Waals surface area contributed by atoms with Crippen LogP contribution in [0.25, 0.3) is 0 Å². The number of likely N-dealkylation sites (N-methyl/N-ethyl adjacent to an activating group) is 1. The first-order valence-electron chi connectivity index (χ1n) is 8.66. The number of carbonyl (C=O) groups is 2. The quantitative estimate of drug-likeness (QED) is 0.818. The van der Waals surface area contributed by atoms with Crippen molar-refractivity contribution in [1.29, 1.82) is 0 Å². The minimum atomic E-state index is -0.0499. The van der Waals surface area contributed by atoms with Crippen molar-refractivity contribution in [2.75, 3.05) is 46.2 Å². The fourth-order valence-corrected chi connectivity index (χ4v) is 3.00. The molecule has 1 atom stereocenters. The molecule has 2 rings (SSSR count). The Balaban J connectivity index is 2.14. The van der Waals surface area contributed by atoms with Gasteiger partial charge in [-0.3, -0.25) is 9.59 Å². The van der Waals surface area contributed by atoms with Gasteiger partial charge in [0.05, 0.1) is 18.2 Å². The predicted molar refractivity (Wildman–Crippen MR) is 99.2 cm³/mol. The second-order valence-electron chi connectivity index (χ2n) is 7.33. The Morgan fingerprint density at radius 2 is 1.96 bits per heavy atom. The van der Waals surface area contributed by atoms with E-state index in [1.807, 2.05) is 31.1 Å². The summed E-state index contributed by atoms with van der Waals surface area (Å²) in [4.78, 5) is 30.0. The molecule has 0 aromatic heterocycles. The van der Waals surface area contributed by atoms with Crippen LogP contribution in [0.1, 0.15) is 30.6 Å². The average molecular weight is 347 g/mol. The van der Waals surface area contributed by atoms with Gasteiger partial charge < -0.3 is 19.4 Å². The summed E-state index contributed by atoms with van der Waals surface area (Å²) in [6, 6.07) is 5.40. The number of amides is 2. The van der Waals surface area contributed by atoms with Crippen LogP contribution < -0.4 is 9.64 Å². The van der Waals surface area contributed by atoms with E-state index in [1.165, 1.54) is 0 Å². The van der Waals surface area contributed by atoms with Crippen molar-refractivity contribution in [1.82, 2.24) is 9.80 Å². The molecule has 0 spiro atoms. The maximum atomic E-state index is 12.5. The molecule has 138 valence electrons. The van der Waals surface area contributed by atoms with E-state index >= 15 is 0 Å². The molecule has 1 aromatic carbocycles. The molecule has 0 bridgehead atoms. The lowest BCUT2D eigenvalue weighted by Crippen LogP contribution is -2.44. The highest BCUT2D eigenvalue weighted by atomic mass is 16.5. The zero-order valence-electron chi connectivity index (χ0n) is 16.1. The summed E-state index contributed by atoms with van der Waals surface area (Å²) >= 11 is 0. The number of ether oxygens (including phenoxy) is 1. The molecule has 1 aromatic rings. The number of nitrogens with zero attached hydrogens (tertiary/aromatic N) is 3. The van der Waals surface area contributed by atoms with Gasteiger partial charge >= 0.3 is 0 Å². The van der Waals surface area contributed by atoms with Crippen molar-refractivity contribution in [3.63, 3.8) is 0 Å². The zero-order chi connectivity index (χ0) is 18.7. The Bertz CT molecular complexity index is 643. The maximum Gasteiger partial charge on any atom is 0.253 e. The van der Waals surface area contributed by atoms with Crippen LogP contribution in [0.4, 0.5) is 5.69 Å². The van der Waals surface area contributed by atoms with Gasteiger partial charge in [-0.05, 0) is 24.1 Å². The molecular weight excluding hydrogens is 318 g/mol. The monoisotopic (exact) mass is 347 g/mol. The molecule has 0 unspecified atom stereocenters. The largest absolute Gasteiger partial charge is 0.489 e. The Labute approximate surface area is 150 Å². The van der Waals surface area contributed by atoms with Crippen LogP contribution in [-0.4, -0.2) is 69.0 Å². The summed E-state index contributed by atoms with van der Waals surface area (Å²) in [7, 11) is 7.25. The summed E-state index contributed by atoms with van der Waals surface area (Å²) in [5, 5.41) is 0. The molecule has 0 N–H and O–H groups in total. The van der Waals surface area contributed by atoms with Crippen LogP contribution in [0, 0.1) is 5.92 Å². The molecule has 0 fully saturated rings. The van der Waals surface area contributed by atoms with Crippen LogP contribution >= 0.6 is 0 Å². The normalized spacial score (nSPS) is 16.3. The number of rotatable bonds is 5. The Morgan fingerprint density at radius 1 is 1.28 bits per heavy atom. The minimum absolute atomic E-state index is 0.0423. The number of carbonyl (C=O) groups excluding carboxylic acids is 2. The minimum Gasteiger partial charge on any atom is -0.489 e. The van der Waals surface area contributed by atoms with Crippen LogP contribution in [0.2, 0.25) is 0 Å². The lowest BCUT2D eigenvalue weighted by Gasteiger charge is -2.36. The van der Waals surface area contributed by atoms with E-state index in [9.17, 15) is 9.59 Å². The van der Waals surface area contributed by atoms with Crippen molar-refractivity contribution in [3.05, 3.63) is 23.8 Å².